The number of nitrogens with two attached hydrogens (primary N) is 2. The molecule has 0 aliphatic rings. The van der Waals surface area contributed by atoms with Gasteiger partial charge in [0.15, 0.2) is 0 Å². The molecule has 0 heterocycles. The summed E-state index contributed by atoms with van der Waals surface area (Å²) in [6.45, 7) is 1.86. The topological polar surface area (TPSA) is 118 Å². The Bertz CT molecular complexity index is 195. The van der Waals surface area contributed by atoms with Crippen molar-refractivity contribution in [1.29, 1.82) is 0 Å². The summed E-state index contributed by atoms with van der Waals surface area (Å²) in [6, 6.07) is -1.10. The minimum Gasteiger partial charge on any atom is -0.480 e. The average molecular weight is 189 g/mol. The average Bonchev–Trinajstić information content (AvgIpc) is 1.98. The lowest BCUT2D eigenvalue weighted by molar-refractivity contribution is -0.138. The maximum atomic E-state index is 10.4. The number of carbonyl (C=O) groups is 2. The van der Waals surface area contributed by atoms with E-state index >= 15 is 0 Å². The van der Waals surface area contributed by atoms with Gasteiger partial charge in [-0.15, -0.1) is 0 Å². The highest BCUT2D eigenvalue weighted by Gasteiger charge is 2.12. The predicted octanol–water partition coefficient (Wildman–Crippen LogP) is -1.75. The van der Waals surface area contributed by atoms with Crippen molar-refractivity contribution in [3.63, 3.8) is 0 Å². The van der Waals surface area contributed by atoms with Gasteiger partial charge in [-0.25, -0.2) is 0 Å². The fourth-order valence-corrected chi connectivity index (χ4v) is 0.789. The second kappa shape index (κ2) is 5.50. The van der Waals surface area contributed by atoms with Crippen LogP contribution in [0, 0.1) is 0 Å². The van der Waals surface area contributed by atoms with E-state index in [9.17, 15) is 9.59 Å². The van der Waals surface area contributed by atoms with E-state index in [0.717, 1.165) is 0 Å². The summed E-state index contributed by atoms with van der Waals surface area (Å²) in [5.74, 6) is -1.50. The Labute approximate surface area is 76.3 Å². The van der Waals surface area contributed by atoms with Gasteiger partial charge in [0.25, 0.3) is 0 Å². The first-order chi connectivity index (χ1) is 5.93. The van der Waals surface area contributed by atoms with Crippen molar-refractivity contribution in [2.75, 3.05) is 6.54 Å². The van der Waals surface area contributed by atoms with Gasteiger partial charge in [-0.2, -0.15) is 0 Å². The van der Waals surface area contributed by atoms with Crippen LogP contribution in [0.25, 0.3) is 0 Å². The van der Waals surface area contributed by atoms with Crippen LogP contribution in [-0.2, 0) is 9.59 Å². The summed E-state index contributed by atoms with van der Waals surface area (Å²) in [5, 5.41) is 11.2. The van der Waals surface area contributed by atoms with Crippen LogP contribution < -0.4 is 16.8 Å². The van der Waals surface area contributed by atoms with Gasteiger partial charge in [-0.1, -0.05) is 0 Å². The van der Waals surface area contributed by atoms with Crippen molar-refractivity contribution in [1.82, 2.24) is 5.32 Å². The predicted molar refractivity (Wildman–Crippen MR) is 46.9 cm³/mol. The number of hydrogen-bond donors (Lipinski definition) is 4. The molecule has 0 saturated heterocycles. The Kier molecular flexibility index (Phi) is 5.01. The summed E-state index contributed by atoms with van der Waals surface area (Å²) in [4.78, 5) is 20.7. The molecular weight excluding hydrogens is 174 g/mol. The molecule has 6 N–H and O–H groups in total. The standard InChI is InChI=1S/C7H15N3O3/c1-4(2-6(9)11)10-3-5(8)7(12)13/h4-5,10H,2-3,8H2,1H3,(H2,9,11)(H,12,13). The van der Waals surface area contributed by atoms with E-state index in [0.29, 0.717) is 0 Å². The van der Waals surface area contributed by atoms with Crippen molar-refractivity contribution in [3.05, 3.63) is 0 Å². The third-order valence-corrected chi connectivity index (χ3v) is 1.51. The van der Waals surface area contributed by atoms with Gasteiger partial charge >= 0.3 is 5.97 Å². The van der Waals surface area contributed by atoms with Crippen LogP contribution in [0.5, 0.6) is 0 Å². The zero-order valence-corrected chi connectivity index (χ0v) is 7.49. The van der Waals surface area contributed by atoms with Gasteiger partial charge in [-0.3, -0.25) is 9.59 Å². The molecule has 0 fully saturated rings. The highest BCUT2D eigenvalue weighted by molar-refractivity contribution is 5.74. The molecule has 0 rings (SSSR count). The lowest BCUT2D eigenvalue weighted by Crippen LogP contribution is -2.44. The van der Waals surface area contributed by atoms with Crippen LogP contribution in [0.2, 0.25) is 0 Å². The first kappa shape index (κ1) is 11.9. The molecule has 6 heteroatoms. The van der Waals surface area contributed by atoms with E-state index in [1.165, 1.54) is 0 Å². The summed E-state index contributed by atoms with van der Waals surface area (Å²) in [5.41, 5.74) is 10.2. The van der Waals surface area contributed by atoms with Crippen LogP contribution in [0.4, 0.5) is 0 Å². The van der Waals surface area contributed by atoms with E-state index in [2.05, 4.69) is 5.32 Å². The summed E-state index contributed by atoms with van der Waals surface area (Å²) in [7, 11) is 0. The fraction of sp³-hybridized carbons (Fsp3) is 0.714. The second-order valence-electron chi connectivity index (χ2n) is 2.92. The number of amides is 1. The molecule has 0 radical (unpaired) electrons. The molecule has 2 atom stereocenters. The molecule has 13 heavy (non-hydrogen) atoms. The van der Waals surface area contributed by atoms with E-state index < -0.39 is 17.9 Å². The molecule has 0 aromatic heterocycles. The van der Waals surface area contributed by atoms with Crippen molar-refractivity contribution < 1.29 is 14.7 Å². The van der Waals surface area contributed by atoms with Gasteiger partial charge in [0, 0.05) is 19.0 Å². The van der Waals surface area contributed by atoms with Crippen LogP contribution in [-0.4, -0.2) is 35.6 Å². The molecule has 2 unspecified atom stereocenters. The zero-order valence-electron chi connectivity index (χ0n) is 7.49. The molecule has 0 aliphatic carbocycles. The maximum absolute atomic E-state index is 10.4. The highest BCUT2D eigenvalue weighted by atomic mass is 16.4. The van der Waals surface area contributed by atoms with Gasteiger partial charge in [-0.05, 0) is 6.92 Å². The van der Waals surface area contributed by atoms with Gasteiger partial charge in [0.1, 0.15) is 6.04 Å². The van der Waals surface area contributed by atoms with Crippen molar-refractivity contribution in [2.24, 2.45) is 11.5 Å². The first-order valence-corrected chi connectivity index (χ1v) is 3.93. The van der Waals surface area contributed by atoms with E-state index in [4.69, 9.17) is 16.6 Å². The lowest BCUT2D eigenvalue weighted by Gasteiger charge is -2.13. The largest absolute Gasteiger partial charge is 0.480 e. The normalized spacial score (nSPS) is 14.9. The number of hydrogen-bond acceptors (Lipinski definition) is 4. The Balaban J connectivity index is 3.63. The molecule has 0 saturated carbocycles. The lowest BCUT2D eigenvalue weighted by atomic mass is 10.2. The maximum Gasteiger partial charge on any atom is 0.321 e. The third-order valence-electron chi connectivity index (χ3n) is 1.51. The smallest absolute Gasteiger partial charge is 0.321 e. The number of carbonyl (C=O) groups excluding carboxylic acids is 1. The second-order valence-corrected chi connectivity index (χ2v) is 2.92. The number of aliphatic carboxylic acids is 1. The molecule has 6 nitrogen and oxygen atoms in total. The quantitative estimate of drug-likeness (QED) is 0.395. The number of carboxylic acids is 1. The molecule has 1 amide bonds. The summed E-state index contributed by atoms with van der Waals surface area (Å²) >= 11 is 0. The molecular formula is C7H15N3O3. The summed E-state index contributed by atoms with van der Waals surface area (Å²) in [6.07, 6.45) is 0.173. The number of rotatable bonds is 6. The molecule has 0 spiro atoms. The molecule has 76 valence electrons. The van der Waals surface area contributed by atoms with Crippen LogP contribution >= 0.6 is 0 Å². The molecule has 0 aromatic carbocycles. The number of nitrogens with one attached hydrogen (secondary N) is 1. The zero-order chi connectivity index (χ0) is 10.4. The van der Waals surface area contributed by atoms with Crippen LogP contribution in [0.1, 0.15) is 13.3 Å². The first-order valence-electron chi connectivity index (χ1n) is 3.93. The van der Waals surface area contributed by atoms with Gasteiger partial charge < -0.3 is 21.9 Å². The highest BCUT2D eigenvalue weighted by Crippen LogP contribution is 1.88. The third kappa shape index (κ3) is 6.06. The fourth-order valence-electron chi connectivity index (χ4n) is 0.789. The van der Waals surface area contributed by atoms with Crippen molar-refractivity contribution >= 4 is 11.9 Å². The van der Waals surface area contributed by atoms with E-state index in [1.54, 1.807) is 6.92 Å². The SMILES string of the molecule is CC(CC(N)=O)NCC(N)C(=O)O. The summed E-state index contributed by atoms with van der Waals surface area (Å²) < 4.78 is 0. The van der Waals surface area contributed by atoms with Gasteiger partial charge in [0.05, 0.1) is 0 Å². The number of carboxylic acid groups (broad SMARTS) is 1. The molecule has 0 aromatic rings. The van der Waals surface area contributed by atoms with Crippen LogP contribution in [0.3, 0.4) is 0 Å². The molecule has 0 bridgehead atoms. The monoisotopic (exact) mass is 189 g/mol. The minimum absolute atomic E-state index is 0.129. The molecule has 0 aliphatic heterocycles. The van der Waals surface area contributed by atoms with E-state index in [1.807, 2.05) is 0 Å². The van der Waals surface area contributed by atoms with Crippen molar-refractivity contribution in [3.8, 4) is 0 Å². The Hall–Kier alpha value is -1.14. The Morgan fingerprint density at radius 2 is 2.08 bits per heavy atom. The Morgan fingerprint density at radius 3 is 2.46 bits per heavy atom. The number of primary amides is 1. The van der Waals surface area contributed by atoms with Crippen molar-refractivity contribution in [2.45, 2.75) is 25.4 Å². The van der Waals surface area contributed by atoms with Gasteiger partial charge in [0.2, 0.25) is 5.91 Å². The van der Waals surface area contributed by atoms with E-state index in [-0.39, 0.29) is 19.0 Å². The Morgan fingerprint density at radius 1 is 1.54 bits per heavy atom. The minimum atomic E-state index is -1.07. The van der Waals surface area contributed by atoms with Crippen LogP contribution in [0.15, 0.2) is 0 Å².